The van der Waals surface area contributed by atoms with Crippen LogP contribution in [0.1, 0.15) is 5.56 Å². The van der Waals surface area contributed by atoms with Crippen LogP contribution < -0.4 is 5.32 Å². The molecular formula is C12H8Cl3FN2. The topological polar surface area (TPSA) is 24.9 Å². The maximum absolute atomic E-state index is 13.1. The van der Waals surface area contributed by atoms with Gasteiger partial charge >= 0.3 is 0 Å². The number of pyridine rings is 1. The average Bonchev–Trinajstić information content (AvgIpc) is 2.31. The van der Waals surface area contributed by atoms with E-state index in [1.165, 1.54) is 12.1 Å². The molecule has 0 amide bonds. The molecule has 0 spiro atoms. The molecule has 2 rings (SSSR count). The van der Waals surface area contributed by atoms with E-state index in [1.807, 2.05) is 0 Å². The van der Waals surface area contributed by atoms with Crippen molar-refractivity contribution in [3.63, 3.8) is 0 Å². The van der Waals surface area contributed by atoms with E-state index in [-0.39, 0.29) is 16.0 Å². The Morgan fingerprint density at radius 3 is 2.50 bits per heavy atom. The van der Waals surface area contributed by atoms with E-state index < -0.39 is 0 Å². The summed E-state index contributed by atoms with van der Waals surface area (Å²) in [6.07, 6.45) is 0. The lowest BCUT2D eigenvalue weighted by molar-refractivity contribution is 0.619. The smallest absolute Gasteiger partial charge is 0.151 e. The second-order valence-corrected chi connectivity index (χ2v) is 4.85. The minimum absolute atomic E-state index is 0.155. The zero-order valence-corrected chi connectivity index (χ0v) is 11.5. The van der Waals surface area contributed by atoms with E-state index in [2.05, 4.69) is 10.3 Å². The van der Waals surface area contributed by atoms with Gasteiger partial charge in [-0.1, -0.05) is 34.8 Å². The molecule has 2 nitrogen and oxygen atoms in total. The van der Waals surface area contributed by atoms with E-state index in [9.17, 15) is 4.39 Å². The van der Waals surface area contributed by atoms with Crippen molar-refractivity contribution < 1.29 is 4.39 Å². The molecule has 0 aliphatic carbocycles. The first kappa shape index (κ1) is 13.4. The molecule has 2 aromatic rings. The van der Waals surface area contributed by atoms with Gasteiger partial charge in [0.15, 0.2) is 5.82 Å². The molecule has 0 radical (unpaired) electrons. The molecule has 1 heterocycles. The molecule has 1 aromatic carbocycles. The molecule has 0 bridgehead atoms. The second-order valence-electron chi connectivity index (χ2n) is 3.68. The maximum Gasteiger partial charge on any atom is 0.151 e. The SMILES string of the molecule is Cc1cc(Nc2nc(Cl)c(Cl)cc2Cl)ccc1F. The Morgan fingerprint density at radius 2 is 1.83 bits per heavy atom. The van der Waals surface area contributed by atoms with E-state index in [0.717, 1.165) is 0 Å². The van der Waals surface area contributed by atoms with Crippen LogP contribution in [0.5, 0.6) is 0 Å². The van der Waals surface area contributed by atoms with Crippen LogP contribution in [0, 0.1) is 12.7 Å². The summed E-state index contributed by atoms with van der Waals surface area (Å²) in [6, 6.07) is 6.10. The van der Waals surface area contributed by atoms with Crippen molar-refractivity contribution in [3.05, 3.63) is 50.8 Å². The highest BCUT2D eigenvalue weighted by molar-refractivity contribution is 6.43. The lowest BCUT2D eigenvalue weighted by atomic mass is 10.2. The van der Waals surface area contributed by atoms with Crippen molar-refractivity contribution in [2.24, 2.45) is 0 Å². The molecule has 6 heteroatoms. The Kier molecular flexibility index (Phi) is 3.95. The first-order chi connectivity index (χ1) is 8.47. The minimum atomic E-state index is -0.270. The van der Waals surface area contributed by atoms with E-state index in [4.69, 9.17) is 34.8 Å². The first-order valence-electron chi connectivity index (χ1n) is 5.02. The van der Waals surface area contributed by atoms with Crippen LogP contribution in [0.4, 0.5) is 15.9 Å². The summed E-state index contributed by atoms with van der Waals surface area (Å²) in [7, 11) is 0. The van der Waals surface area contributed by atoms with Gasteiger partial charge in [0.05, 0.1) is 10.0 Å². The summed E-state index contributed by atoms with van der Waals surface area (Å²) in [5, 5.41) is 3.73. The first-order valence-corrected chi connectivity index (χ1v) is 6.15. The highest BCUT2D eigenvalue weighted by atomic mass is 35.5. The largest absolute Gasteiger partial charge is 0.339 e. The number of halogens is 4. The van der Waals surface area contributed by atoms with Crippen LogP contribution in [-0.2, 0) is 0 Å². The van der Waals surface area contributed by atoms with Crippen LogP contribution in [0.2, 0.25) is 15.2 Å². The fraction of sp³-hybridized carbons (Fsp3) is 0.0833. The monoisotopic (exact) mass is 304 g/mol. The summed E-state index contributed by atoms with van der Waals surface area (Å²) >= 11 is 17.6. The summed E-state index contributed by atoms with van der Waals surface area (Å²) < 4.78 is 13.1. The Morgan fingerprint density at radius 1 is 1.11 bits per heavy atom. The number of aryl methyl sites for hydroxylation is 1. The van der Waals surface area contributed by atoms with Crippen molar-refractivity contribution in [1.82, 2.24) is 4.98 Å². The summed E-state index contributed by atoms with van der Waals surface area (Å²) in [5.74, 6) is 0.103. The molecule has 0 saturated carbocycles. The third-order valence-corrected chi connectivity index (χ3v) is 3.27. The number of hydrogen-bond donors (Lipinski definition) is 1. The standard InChI is InChI=1S/C12H8Cl3FN2/c1-6-4-7(2-3-10(6)16)17-12-9(14)5-8(13)11(15)18-12/h2-5H,1H3,(H,17,18). The third-order valence-electron chi connectivity index (χ3n) is 2.31. The van der Waals surface area contributed by atoms with Gasteiger partial charge in [-0.25, -0.2) is 9.37 Å². The van der Waals surface area contributed by atoms with Crippen LogP contribution in [-0.4, -0.2) is 4.98 Å². The molecule has 0 saturated heterocycles. The van der Waals surface area contributed by atoms with E-state index >= 15 is 0 Å². The molecule has 0 unspecified atom stereocenters. The minimum Gasteiger partial charge on any atom is -0.339 e. The second kappa shape index (κ2) is 5.31. The number of anilines is 2. The number of benzene rings is 1. The Balaban J connectivity index is 2.34. The number of aromatic nitrogens is 1. The Bertz CT molecular complexity index is 602. The van der Waals surface area contributed by atoms with E-state index in [1.54, 1.807) is 19.1 Å². The normalized spacial score (nSPS) is 10.5. The predicted molar refractivity (Wildman–Crippen MR) is 73.7 cm³/mol. The molecule has 0 fully saturated rings. The highest BCUT2D eigenvalue weighted by Gasteiger charge is 2.08. The zero-order valence-electron chi connectivity index (χ0n) is 9.27. The predicted octanol–water partition coefficient (Wildman–Crippen LogP) is 5.23. The van der Waals surface area contributed by atoms with Crippen molar-refractivity contribution in [2.45, 2.75) is 6.92 Å². The lowest BCUT2D eigenvalue weighted by Crippen LogP contribution is -1.96. The van der Waals surface area contributed by atoms with Gasteiger partial charge in [-0.2, -0.15) is 0 Å². The van der Waals surface area contributed by atoms with Crippen molar-refractivity contribution in [3.8, 4) is 0 Å². The summed E-state index contributed by atoms with van der Waals surface area (Å²) in [5.41, 5.74) is 1.19. The van der Waals surface area contributed by atoms with Crippen molar-refractivity contribution >= 4 is 46.3 Å². The highest BCUT2D eigenvalue weighted by Crippen LogP contribution is 2.30. The zero-order chi connectivity index (χ0) is 13.3. The molecule has 0 aliphatic rings. The molecule has 18 heavy (non-hydrogen) atoms. The molecule has 0 aliphatic heterocycles. The van der Waals surface area contributed by atoms with E-state index in [0.29, 0.717) is 22.1 Å². The van der Waals surface area contributed by atoms with Gasteiger partial charge in [0, 0.05) is 5.69 Å². The van der Waals surface area contributed by atoms with Crippen LogP contribution in [0.15, 0.2) is 24.3 Å². The molecule has 94 valence electrons. The fourth-order valence-corrected chi connectivity index (χ4v) is 1.94. The van der Waals surface area contributed by atoms with Gasteiger partial charge in [0.2, 0.25) is 0 Å². The van der Waals surface area contributed by atoms with Crippen LogP contribution >= 0.6 is 34.8 Å². The quantitative estimate of drug-likeness (QED) is 0.768. The number of nitrogens with zero attached hydrogens (tertiary/aromatic N) is 1. The van der Waals surface area contributed by atoms with Gasteiger partial charge < -0.3 is 5.32 Å². The van der Waals surface area contributed by atoms with Gasteiger partial charge in [-0.05, 0) is 36.8 Å². The molecule has 1 N–H and O–H groups in total. The average molecular weight is 306 g/mol. The van der Waals surface area contributed by atoms with Crippen LogP contribution in [0.25, 0.3) is 0 Å². The maximum atomic E-state index is 13.1. The fourth-order valence-electron chi connectivity index (χ4n) is 1.39. The van der Waals surface area contributed by atoms with Gasteiger partial charge in [0.1, 0.15) is 11.0 Å². The molecule has 0 atom stereocenters. The number of rotatable bonds is 2. The van der Waals surface area contributed by atoms with Gasteiger partial charge in [-0.15, -0.1) is 0 Å². The summed E-state index contributed by atoms with van der Waals surface area (Å²) in [4.78, 5) is 4.02. The molecule has 1 aromatic heterocycles. The van der Waals surface area contributed by atoms with Crippen molar-refractivity contribution in [2.75, 3.05) is 5.32 Å². The van der Waals surface area contributed by atoms with Crippen molar-refractivity contribution in [1.29, 1.82) is 0 Å². The summed E-state index contributed by atoms with van der Waals surface area (Å²) in [6.45, 7) is 1.67. The third kappa shape index (κ3) is 2.86. The molecular weight excluding hydrogens is 298 g/mol. The van der Waals surface area contributed by atoms with Gasteiger partial charge in [-0.3, -0.25) is 0 Å². The number of hydrogen-bond acceptors (Lipinski definition) is 2. The lowest BCUT2D eigenvalue weighted by Gasteiger charge is -2.09. The van der Waals surface area contributed by atoms with Gasteiger partial charge in [0.25, 0.3) is 0 Å². The number of nitrogens with one attached hydrogen (secondary N) is 1. The Labute approximate surface area is 119 Å². The Hall–Kier alpha value is -1.03. The van der Waals surface area contributed by atoms with Crippen LogP contribution in [0.3, 0.4) is 0 Å².